The van der Waals surface area contributed by atoms with Crippen molar-refractivity contribution < 1.29 is 9.84 Å². The molecule has 96 valence electrons. The van der Waals surface area contributed by atoms with Crippen LogP contribution in [0.1, 0.15) is 39.2 Å². The molecule has 0 radical (unpaired) electrons. The van der Waals surface area contributed by atoms with Gasteiger partial charge < -0.3 is 15.6 Å². The van der Waals surface area contributed by atoms with E-state index in [1.165, 1.54) is 0 Å². The van der Waals surface area contributed by atoms with Gasteiger partial charge >= 0.3 is 0 Å². The fourth-order valence-corrected chi connectivity index (χ4v) is 1.91. The Morgan fingerprint density at radius 3 is 2.65 bits per heavy atom. The Labute approximate surface area is 104 Å². The van der Waals surface area contributed by atoms with Crippen LogP contribution in [0, 0.1) is 0 Å². The minimum Gasteiger partial charge on any atom is -0.491 e. The maximum Gasteiger partial charge on any atom is 0.120 e. The summed E-state index contributed by atoms with van der Waals surface area (Å²) in [4.78, 5) is 0. The minimum absolute atomic E-state index is 0.127. The monoisotopic (exact) mass is 237 g/mol. The van der Waals surface area contributed by atoms with Crippen LogP contribution in [0.5, 0.6) is 5.75 Å². The molecule has 0 heterocycles. The fourth-order valence-electron chi connectivity index (χ4n) is 1.91. The van der Waals surface area contributed by atoms with Crippen molar-refractivity contribution in [3.8, 4) is 5.75 Å². The van der Waals surface area contributed by atoms with Crippen molar-refractivity contribution in [1.29, 1.82) is 0 Å². The molecule has 3 N–H and O–H groups in total. The molecule has 3 nitrogen and oxygen atoms in total. The summed E-state index contributed by atoms with van der Waals surface area (Å²) in [5, 5.41) is 10.5. The zero-order valence-electron chi connectivity index (χ0n) is 10.9. The van der Waals surface area contributed by atoms with Crippen molar-refractivity contribution in [2.45, 2.75) is 45.3 Å². The predicted molar refractivity (Wildman–Crippen MR) is 70.1 cm³/mol. The summed E-state index contributed by atoms with van der Waals surface area (Å²) >= 11 is 0. The van der Waals surface area contributed by atoms with Gasteiger partial charge in [-0.2, -0.15) is 0 Å². The molecule has 1 rings (SSSR count). The summed E-state index contributed by atoms with van der Waals surface area (Å²) in [5.41, 5.74) is 5.58. The number of benzene rings is 1. The second kappa shape index (κ2) is 6.03. The average Bonchev–Trinajstić information content (AvgIpc) is 2.28. The SMILES string of the molecule is CCCC(O)(CN)c1cccc(OC(C)C)c1. The lowest BCUT2D eigenvalue weighted by molar-refractivity contribution is 0.0356. The topological polar surface area (TPSA) is 55.5 Å². The molecule has 0 aliphatic rings. The van der Waals surface area contributed by atoms with E-state index in [0.717, 1.165) is 17.7 Å². The highest BCUT2D eigenvalue weighted by Gasteiger charge is 2.26. The van der Waals surface area contributed by atoms with E-state index in [9.17, 15) is 5.11 Å². The summed E-state index contributed by atoms with van der Waals surface area (Å²) < 4.78 is 5.62. The van der Waals surface area contributed by atoms with Gasteiger partial charge in [0.1, 0.15) is 11.4 Å². The van der Waals surface area contributed by atoms with E-state index >= 15 is 0 Å². The molecule has 0 spiro atoms. The summed E-state index contributed by atoms with van der Waals surface area (Å²) in [7, 11) is 0. The third-order valence-corrected chi connectivity index (χ3v) is 2.74. The lowest BCUT2D eigenvalue weighted by Crippen LogP contribution is -2.34. The van der Waals surface area contributed by atoms with Crippen molar-refractivity contribution >= 4 is 0 Å². The maximum absolute atomic E-state index is 10.5. The van der Waals surface area contributed by atoms with Crippen LogP contribution in [0.2, 0.25) is 0 Å². The first-order valence-electron chi connectivity index (χ1n) is 6.21. The largest absolute Gasteiger partial charge is 0.491 e. The molecule has 1 aromatic rings. The Bertz CT molecular complexity index is 352. The molecule has 0 saturated carbocycles. The zero-order chi connectivity index (χ0) is 12.9. The van der Waals surface area contributed by atoms with Gasteiger partial charge in [0.2, 0.25) is 0 Å². The quantitative estimate of drug-likeness (QED) is 0.799. The Hall–Kier alpha value is -1.06. The van der Waals surface area contributed by atoms with Crippen LogP contribution in [0.25, 0.3) is 0 Å². The number of hydrogen-bond donors (Lipinski definition) is 2. The van der Waals surface area contributed by atoms with E-state index in [0.29, 0.717) is 6.42 Å². The van der Waals surface area contributed by atoms with Crippen molar-refractivity contribution in [3.05, 3.63) is 29.8 Å². The Balaban J connectivity index is 2.96. The second-order valence-corrected chi connectivity index (χ2v) is 4.68. The van der Waals surface area contributed by atoms with Gasteiger partial charge in [0.25, 0.3) is 0 Å². The van der Waals surface area contributed by atoms with Gasteiger partial charge in [-0.15, -0.1) is 0 Å². The normalized spacial score (nSPS) is 14.7. The lowest BCUT2D eigenvalue weighted by atomic mass is 9.89. The Morgan fingerprint density at radius 1 is 1.41 bits per heavy atom. The molecule has 3 heteroatoms. The van der Waals surface area contributed by atoms with E-state index < -0.39 is 5.60 Å². The lowest BCUT2D eigenvalue weighted by Gasteiger charge is -2.27. The number of hydrogen-bond acceptors (Lipinski definition) is 3. The van der Waals surface area contributed by atoms with Gasteiger partial charge in [-0.3, -0.25) is 0 Å². The van der Waals surface area contributed by atoms with Crippen LogP contribution in [0.15, 0.2) is 24.3 Å². The molecular weight excluding hydrogens is 214 g/mol. The van der Waals surface area contributed by atoms with Gasteiger partial charge in [0.15, 0.2) is 0 Å². The van der Waals surface area contributed by atoms with Crippen LogP contribution in [0.3, 0.4) is 0 Å². The van der Waals surface area contributed by atoms with Crippen LogP contribution < -0.4 is 10.5 Å². The molecule has 0 bridgehead atoms. The van der Waals surface area contributed by atoms with E-state index in [-0.39, 0.29) is 12.6 Å². The molecule has 1 atom stereocenters. The first-order chi connectivity index (χ1) is 8.01. The van der Waals surface area contributed by atoms with Gasteiger partial charge in [0, 0.05) is 6.54 Å². The molecule has 0 aliphatic heterocycles. The van der Waals surface area contributed by atoms with E-state index in [1.54, 1.807) is 0 Å². The predicted octanol–water partition coefficient (Wildman–Crippen LogP) is 2.42. The molecule has 17 heavy (non-hydrogen) atoms. The summed E-state index contributed by atoms with van der Waals surface area (Å²) in [6.45, 7) is 6.22. The van der Waals surface area contributed by atoms with Crippen LogP contribution in [-0.2, 0) is 5.60 Å². The van der Waals surface area contributed by atoms with E-state index in [1.807, 2.05) is 45.0 Å². The smallest absolute Gasteiger partial charge is 0.120 e. The minimum atomic E-state index is -0.939. The van der Waals surface area contributed by atoms with Crippen molar-refractivity contribution in [2.75, 3.05) is 6.54 Å². The number of nitrogens with two attached hydrogens (primary N) is 1. The average molecular weight is 237 g/mol. The second-order valence-electron chi connectivity index (χ2n) is 4.68. The highest BCUT2D eigenvalue weighted by molar-refractivity contribution is 5.32. The molecule has 0 saturated heterocycles. The van der Waals surface area contributed by atoms with Crippen molar-refractivity contribution in [2.24, 2.45) is 5.73 Å². The summed E-state index contributed by atoms with van der Waals surface area (Å²) in [5.74, 6) is 0.778. The van der Waals surface area contributed by atoms with Gasteiger partial charge in [-0.1, -0.05) is 25.5 Å². The van der Waals surface area contributed by atoms with Crippen molar-refractivity contribution in [1.82, 2.24) is 0 Å². The first-order valence-corrected chi connectivity index (χ1v) is 6.21. The number of rotatable bonds is 6. The molecule has 1 aromatic carbocycles. The van der Waals surface area contributed by atoms with Crippen LogP contribution >= 0.6 is 0 Å². The molecule has 0 amide bonds. The van der Waals surface area contributed by atoms with Gasteiger partial charge in [-0.25, -0.2) is 0 Å². The number of aliphatic hydroxyl groups is 1. The maximum atomic E-state index is 10.5. The molecule has 0 aromatic heterocycles. The van der Waals surface area contributed by atoms with Gasteiger partial charge in [0.05, 0.1) is 6.10 Å². The van der Waals surface area contributed by atoms with Crippen LogP contribution in [-0.4, -0.2) is 17.8 Å². The summed E-state index contributed by atoms with van der Waals surface area (Å²) in [6.07, 6.45) is 1.68. The fraction of sp³-hybridized carbons (Fsp3) is 0.571. The van der Waals surface area contributed by atoms with Gasteiger partial charge in [-0.05, 0) is 38.0 Å². The Kier molecular flexibility index (Phi) is 4.97. The molecule has 0 aliphatic carbocycles. The Morgan fingerprint density at radius 2 is 2.12 bits per heavy atom. The van der Waals surface area contributed by atoms with Crippen LogP contribution in [0.4, 0.5) is 0 Å². The van der Waals surface area contributed by atoms with E-state index in [4.69, 9.17) is 10.5 Å². The summed E-state index contributed by atoms with van der Waals surface area (Å²) in [6, 6.07) is 7.56. The third-order valence-electron chi connectivity index (χ3n) is 2.74. The number of ether oxygens (including phenoxy) is 1. The standard InChI is InChI=1S/C14H23NO2/c1-4-8-14(16,10-15)12-6-5-7-13(9-12)17-11(2)3/h5-7,9,11,16H,4,8,10,15H2,1-3H3. The molecule has 0 fully saturated rings. The first kappa shape index (κ1) is 14.0. The van der Waals surface area contributed by atoms with Crippen molar-refractivity contribution in [3.63, 3.8) is 0 Å². The highest BCUT2D eigenvalue weighted by atomic mass is 16.5. The highest BCUT2D eigenvalue weighted by Crippen LogP contribution is 2.28. The third kappa shape index (κ3) is 3.72. The molecular formula is C14H23NO2. The molecule has 1 unspecified atom stereocenters. The zero-order valence-corrected chi connectivity index (χ0v) is 10.9. The van der Waals surface area contributed by atoms with E-state index in [2.05, 4.69) is 0 Å².